The minimum Gasteiger partial charge on any atom is -0.458 e. The van der Waals surface area contributed by atoms with Crippen LogP contribution in [-0.2, 0) is 9.53 Å². The molecule has 0 aromatic rings. The summed E-state index contributed by atoms with van der Waals surface area (Å²) in [5.41, 5.74) is 1.70. The van der Waals surface area contributed by atoms with Gasteiger partial charge in [0.15, 0.2) is 0 Å². The lowest BCUT2D eigenvalue weighted by Gasteiger charge is -2.58. The average Bonchev–Trinajstić information content (AvgIpc) is 2.15. The van der Waals surface area contributed by atoms with Crippen LogP contribution < -0.4 is 0 Å². The molecular weight excluding hydrogens is 200 g/mol. The molecule has 0 radical (unpaired) electrons. The predicted octanol–water partition coefficient (Wildman–Crippen LogP) is 3.18. The molecule has 0 aromatic heterocycles. The van der Waals surface area contributed by atoms with Crippen LogP contribution in [0.15, 0.2) is 11.6 Å². The smallest absolute Gasteiger partial charge is 0.308 e. The molecular formula is C14H22O2. The highest BCUT2D eigenvalue weighted by Crippen LogP contribution is 2.59. The van der Waals surface area contributed by atoms with Crippen molar-refractivity contribution >= 4 is 5.97 Å². The Kier molecular flexibility index (Phi) is 2.64. The number of fused-ring (bicyclic) bond motifs is 1. The molecule has 0 amide bonds. The number of carbonyl (C=O) groups is 1. The quantitative estimate of drug-likeness (QED) is 0.530. The minimum absolute atomic E-state index is 0.00917. The van der Waals surface area contributed by atoms with Gasteiger partial charge in [-0.05, 0) is 30.8 Å². The summed E-state index contributed by atoms with van der Waals surface area (Å²) in [7, 11) is 0. The lowest BCUT2D eigenvalue weighted by molar-refractivity contribution is -0.164. The summed E-state index contributed by atoms with van der Waals surface area (Å²) in [6, 6.07) is 0. The third-order valence-corrected chi connectivity index (χ3v) is 4.44. The van der Waals surface area contributed by atoms with E-state index in [-0.39, 0.29) is 18.0 Å². The summed E-state index contributed by atoms with van der Waals surface area (Å²) in [4.78, 5) is 11.6. The van der Waals surface area contributed by atoms with E-state index in [9.17, 15) is 4.79 Å². The summed E-state index contributed by atoms with van der Waals surface area (Å²) in [5.74, 6) is 1.11. The molecule has 0 spiro atoms. The fraction of sp³-hybridized carbons (Fsp3) is 0.786. The Morgan fingerprint density at radius 3 is 2.56 bits per heavy atom. The van der Waals surface area contributed by atoms with Crippen molar-refractivity contribution in [2.24, 2.45) is 23.2 Å². The molecule has 90 valence electrons. The molecule has 1 saturated carbocycles. The van der Waals surface area contributed by atoms with Gasteiger partial charge in [0.2, 0.25) is 0 Å². The number of hydrogen-bond acceptors (Lipinski definition) is 2. The molecule has 0 heterocycles. The zero-order valence-electron chi connectivity index (χ0n) is 10.9. The highest BCUT2D eigenvalue weighted by molar-refractivity contribution is 5.72. The maximum absolute atomic E-state index is 11.6. The van der Waals surface area contributed by atoms with E-state index in [0.717, 1.165) is 0 Å². The second-order valence-corrected chi connectivity index (χ2v) is 6.18. The average molecular weight is 222 g/mol. The van der Waals surface area contributed by atoms with E-state index in [1.807, 2.05) is 13.8 Å². The topological polar surface area (TPSA) is 26.3 Å². The summed E-state index contributed by atoms with van der Waals surface area (Å²) in [6.07, 6.45) is 3.35. The minimum atomic E-state index is -0.0739. The van der Waals surface area contributed by atoms with Crippen LogP contribution in [0.25, 0.3) is 0 Å². The lowest BCUT2D eigenvalue weighted by atomic mass is 9.48. The Labute approximate surface area is 98.1 Å². The van der Waals surface area contributed by atoms with Gasteiger partial charge in [-0.25, -0.2) is 0 Å². The fourth-order valence-electron chi connectivity index (χ4n) is 3.17. The standard InChI is InChI=1S/C14H22O2/c1-8(2)13(15)16-12-6-9(3)10-7-11(12)14(10,4)5/h6,8,10-12H,7H2,1-5H3. The summed E-state index contributed by atoms with van der Waals surface area (Å²) < 4.78 is 5.59. The van der Waals surface area contributed by atoms with Gasteiger partial charge >= 0.3 is 5.97 Å². The van der Waals surface area contributed by atoms with Gasteiger partial charge in [0.25, 0.3) is 0 Å². The Morgan fingerprint density at radius 1 is 1.50 bits per heavy atom. The molecule has 0 N–H and O–H groups in total. The lowest BCUT2D eigenvalue weighted by Crippen LogP contribution is -2.54. The van der Waals surface area contributed by atoms with E-state index in [4.69, 9.17) is 4.74 Å². The van der Waals surface area contributed by atoms with Crippen LogP contribution in [0.2, 0.25) is 0 Å². The van der Waals surface area contributed by atoms with Gasteiger partial charge < -0.3 is 4.74 Å². The van der Waals surface area contributed by atoms with Crippen LogP contribution in [0.1, 0.15) is 41.0 Å². The molecule has 16 heavy (non-hydrogen) atoms. The highest BCUT2D eigenvalue weighted by Gasteiger charge is 2.55. The molecule has 3 rings (SSSR count). The largest absolute Gasteiger partial charge is 0.458 e. The van der Waals surface area contributed by atoms with E-state index in [1.165, 1.54) is 12.0 Å². The van der Waals surface area contributed by atoms with Crippen molar-refractivity contribution in [1.82, 2.24) is 0 Å². The Morgan fingerprint density at radius 2 is 2.12 bits per heavy atom. The summed E-state index contributed by atoms with van der Waals surface area (Å²) in [6.45, 7) is 10.5. The number of allylic oxidation sites excluding steroid dienone is 1. The zero-order chi connectivity index (χ0) is 12.1. The van der Waals surface area contributed by atoms with Crippen molar-refractivity contribution in [2.45, 2.75) is 47.1 Å². The SMILES string of the molecule is CC1=CC(OC(=O)C(C)C)C2CC1C2(C)C. The van der Waals surface area contributed by atoms with E-state index in [1.54, 1.807) is 0 Å². The molecule has 3 atom stereocenters. The van der Waals surface area contributed by atoms with Gasteiger partial charge in [0, 0.05) is 5.92 Å². The van der Waals surface area contributed by atoms with Gasteiger partial charge in [-0.1, -0.05) is 33.3 Å². The van der Waals surface area contributed by atoms with Gasteiger partial charge in [-0.2, -0.15) is 0 Å². The molecule has 3 unspecified atom stereocenters. The van der Waals surface area contributed by atoms with E-state index < -0.39 is 0 Å². The van der Waals surface area contributed by atoms with E-state index >= 15 is 0 Å². The summed E-state index contributed by atoms with van der Waals surface area (Å²) in [5, 5.41) is 0. The first-order chi connectivity index (χ1) is 7.34. The second-order valence-electron chi connectivity index (χ2n) is 6.18. The molecule has 0 aliphatic heterocycles. The predicted molar refractivity (Wildman–Crippen MR) is 63.9 cm³/mol. The first-order valence-corrected chi connectivity index (χ1v) is 6.23. The molecule has 3 aliphatic carbocycles. The maximum atomic E-state index is 11.6. The molecule has 3 aliphatic rings. The van der Waals surface area contributed by atoms with Crippen LogP contribution in [-0.4, -0.2) is 12.1 Å². The Hall–Kier alpha value is -0.790. The molecule has 0 saturated heterocycles. The fourth-order valence-corrected chi connectivity index (χ4v) is 3.17. The van der Waals surface area contributed by atoms with Crippen LogP contribution in [0.5, 0.6) is 0 Å². The Balaban J connectivity index is 2.12. The zero-order valence-corrected chi connectivity index (χ0v) is 10.9. The number of ether oxygens (including phenoxy) is 1. The number of hydrogen-bond donors (Lipinski definition) is 0. The van der Waals surface area contributed by atoms with Gasteiger partial charge in [0.05, 0.1) is 5.92 Å². The Bertz CT molecular complexity index is 339. The van der Waals surface area contributed by atoms with Crippen LogP contribution in [0.3, 0.4) is 0 Å². The van der Waals surface area contributed by atoms with Crippen molar-refractivity contribution in [3.8, 4) is 0 Å². The van der Waals surface area contributed by atoms with Crippen molar-refractivity contribution in [2.75, 3.05) is 0 Å². The molecule has 0 aromatic carbocycles. The van der Waals surface area contributed by atoms with E-state index in [2.05, 4.69) is 26.8 Å². The first kappa shape index (κ1) is 11.7. The van der Waals surface area contributed by atoms with Crippen LogP contribution in [0, 0.1) is 23.2 Å². The van der Waals surface area contributed by atoms with Gasteiger partial charge in [0.1, 0.15) is 6.10 Å². The second kappa shape index (κ2) is 3.61. The number of carbonyl (C=O) groups excluding carboxylic acids is 1. The van der Waals surface area contributed by atoms with Crippen LogP contribution in [0.4, 0.5) is 0 Å². The maximum Gasteiger partial charge on any atom is 0.308 e. The molecule has 2 bridgehead atoms. The first-order valence-electron chi connectivity index (χ1n) is 6.23. The number of rotatable bonds is 2. The molecule has 1 fully saturated rings. The highest BCUT2D eigenvalue weighted by atomic mass is 16.5. The third kappa shape index (κ3) is 1.59. The third-order valence-electron chi connectivity index (χ3n) is 4.44. The van der Waals surface area contributed by atoms with Gasteiger partial charge in [-0.15, -0.1) is 0 Å². The van der Waals surface area contributed by atoms with Crippen molar-refractivity contribution < 1.29 is 9.53 Å². The van der Waals surface area contributed by atoms with Crippen LogP contribution >= 0.6 is 0 Å². The number of esters is 1. The molecule has 2 nitrogen and oxygen atoms in total. The van der Waals surface area contributed by atoms with E-state index in [0.29, 0.717) is 17.3 Å². The van der Waals surface area contributed by atoms with Crippen molar-refractivity contribution in [3.63, 3.8) is 0 Å². The van der Waals surface area contributed by atoms with Crippen molar-refractivity contribution in [1.29, 1.82) is 0 Å². The normalized spacial score (nSPS) is 35.4. The van der Waals surface area contributed by atoms with Crippen molar-refractivity contribution in [3.05, 3.63) is 11.6 Å². The monoisotopic (exact) mass is 222 g/mol. The van der Waals surface area contributed by atoms with Gasteiger partial charge in [-0.3, -0.25) is 4.79 Å². The molecule has 2 heteroatoms. The summed E-state index contributed by atoms with van der Waals surface area (Å²) >= 11 is 0.